The number of nitrogens with one attached hydrogen (secondary N) is 2. The van der Waals surface area contributed by atoms with Gasteiger partial charge in [-0.25, -0.2) is 4.21 Å². The molecule has 7 heteroatoms. The smallest absolute Gasteiger partial charge is 0.246 e. The normalized spacial score (nSPS) is 14.9. The van der Waals surface area contributed by atoms with Crippen LogP contribution < -0.4 is 5.32 Å². The van der Waals surface area contributed by atoms with Crippen LogP contribution in [0.5, 0.6) is 0 Å². The van der Waals surface area contributed by atoms with Gasteiger partial charge in [0, 0.05) is 11.5 Å². The first-order valence-corrected chi connectivity index (χ1v) is 6.78. The highest BCUT2D eigenvalue weighted by Crippen LogP contribution is 2.22. The van der Waals surface area contributed by atoms with Gasteiger partial charge in [-0.15, -0.1) is 0 Å². The third-order valence-electron chi connectivity index (χ3n) is 2.41. The van der Waals surface area contributed by atoms with E-state index < -0.39 is 27.1 Å². The van der Waals surface area contributed by atoms with Gasteiger partial charge in [0.15, 0.2) is 11.1 Å². The Balaban J connectivity index is 4.86. The number of carbonyl (C=O) groups is 1. The average Bonchev–Trinajstić information content (AvgIpc) is 2.25. The molecule has 0 aliphatic carbocycles. The molecule has 0 aromatic rings. The molecule has 0 heterocycles. The fourth-order valence-corrected chi connectivity index (χ4v) is 1.57. The Kier molecular flexibility index (Phi) is 5.89. The third-order valence-corrected chi connectivity index (χ3v) is 3.73. The van der Waals surface area contributed by atoms with Crippen molar-refractivity contribution in [2.24, 2.45) is 5.41 Å². The van der Waals surface area contributed by atoms with Crippen molar-refractivity contribution < 1.29 is 18.3 Å². The van der Waals surface area contributed by atoms with Crippen molar-refractivity contribution in [2.75, 3.05) is 7.11 Å². The lowest BCUT2D eigenvalue weighted by Gasteiger charge is -2.21. The maximum absolute atomic E-state index is 11.9. The Bertz CT molecular complexity index is 422. The molecule has 1 amide bonds. The lowest BCUT2D eigenvalue weighted by Crippen LogP contribution is -2.47. The molecule has 0 aliphatic rings. The van der Waals surface area contributed by atoms with Gasteiger partial charge < -0.3 is 10.4 Å². The molecule has 0 spiro atoms. The summed E-state index contributed by atoms with van der Waals surface area (Å²) in [5.74, 6) is -0.905. The zero-order valence-corrected chi connectivity index (χ0v) is 13.0. The second-order valence-corrected chi connectivity index (χ2v) is 7.38. The molecule has 0 bridgehead atoms. The van der Waals surface area contributed by atoms with Crippen LogP contribution in [0.3, 0.4) is 0 Å². The largest absolute Gasteiger partial charge is 0.512 e. The Labute approximate surface area is 116 Å². The molecular weight excluding hydrogens is 268 g/mol. The van der Waals surface area contributed by atoms with Gasteiger partial charge in [0.1, 0.15) is 16.3 Å². The van der Waals surface area contributed by atoms with Crippen molar-refractivity contribution in [1.29, 1.82) is 5.41 Å². The maximum Gasteiger partial charge on any atom is 0.246 e. The summed E-state index contributed by atoms with van der Waals surface area (Å²) >= 11 is -1.81. The second kappa shape index (κ2) is 6.29. The SMILES string of the molecule is COS(=O)C(C)(C)C(=O)NC(=N)/C=C(\O)C(C)(C)C. The average molecular weight is 290 g/mol. The van der Waals surface area contributed by atoms with Crippen molar-refractivity contribution in [3.63, 3.8) is 0 Å². The predicted molar refractivity (Wildman–Crippen MR) is 75.3 cm³/mol. The van der Waals surface area contributed by atoms with Crippen LogP contribution in [0.1, 0.15) is 34.6 Å². The number of hydrogen-bond donors (Lipinski definition) is 3. The molecule has 1 atom stereocenters. The van der Waals surface area contributed by atoms with E-state index in [1.54, 1.807) is 20.8 Å². The van der Waals surface area contributed by atoms with Gasteiger partial charge in [-0.3, -0.25) is 14.4 Å². The van der Waals surface area contributed by atoms with E-state index >= 15 is 0 Å². The molecule has 19 heavy (non-hydrogen) atoms. The first-order valence-electron chi connectivity index (χ1n) is 5.70. The lowest BCUT2D eigenvalue weighted by molar-refractivity contribution is -0.121. The Morgan fingerprint density at radius 3 is 2.16 bits per heavy atom. The summed E-state index contributed by atoms with van der Waals surface area (Å²) in [5, 5.41) is 19.6. The molecule has 0 aromatic heterocycles. The Morgan fingerprint density at radius 1 is 1.32 bits per heavy atom. The number of aliphatic hydroxyl groups excluding tert-OH is 1. The van der Waals surface area contributed by atoms with Gasteiger partial charge in [0.25, 0.3) is 0 Å². The van der Waals surface area contributed by atoms with E-state index in [0.717, 1.165) is 6.08 Å². The summed E-state index contributed by atoms with van der Waals surface area (Å²) in [4.78, 5) is 11.9. The number of carbonyl (C=O) groups excluding carboxylic acids is 1. The van der Waals surface area contributed by atoms with E-state index in [-0.39, 0.29) is 11.6 Å². The lowest BCUT2D eigenvalue weighted by atomic mass is 9.93. The molecule has 0 aromatic carbocycles. The molecule has 1 unspecified atom stereocenters. The van der Waals surface area contributed by atoms with Gasteiger partial charge in [0.05, 0.1) is 7.11 Å². The van der Waals surface area contributed by atoms with Crippen molar-refractivity contribution >= 4 is 22.8 Å². The molecule has 110 valence electrons. The molecule has 6 nitrogen and oxygen atoms in total. The van der Waals surface area contributed by atoms with E-state index in [9.17, 15) is 14.1 Å². The third kappa shape index (κ3) is 5.12. The number of rotatable bonds is 4. The van der Waals surface area contributed by atoms with Crippen LogP contribution in [0, 0.1) is 10.8 Å². The van der Waals surface area contributed by atoms with Crippen molar-refractivity contribution in [1.82, 2.24) is 5.32 Å². The Hall–Kier alpha value is -1.21. The summed E-state index contributed by atoms with van der Waals surface area (Å²) in [5.41, 5.74) is -0.512. The molecular formula is C12H22N2O4S. The number of allylic oxidation sites excluding steroid dienone is 1. The van der Waals surface area contributed by atoms with Crippen LogP contribution in [0.25, 0.3) is 0 Å². The first kappa shape index (κ1) is 17.8. The summed E-state index contributed by atoms with van der Waals surface area (Å²) in [6, 6.07) is 0. The van der Waals surface area contributed by atoms with Crippen LogP contribution in [0.4, 0.5) is 0 Å². The van der Waals surface area contributed by atoms with Crippen LogP contribution >= 0.6 is 0 Å². The minimum absolute atomic E-state index is 0.0246. The zero-order valence-electron chi connectivity index (χ0n) is 12.2. The molecule has 0 radical (unpaired) electrons. The molecule has 3 N–H and O–H groups in total. The molecule has 0 rings (SSSR count). The summed E-state index contributed by atoms with van der Waals surface area (Å²) in [7, 11) is 1.24. The summed E-state index contributed by atoms with van der Waals surface area (Å²) in [6.07, 6.45) is 1.16. The number of aliphatic hydroxyl groups is 1. The molecule has 0 saturated heterocycles. The van der Waals surface area contributed by atoms with E-state index in [2.05, 4.69) is 9.50 Å². The number of amides is 1. The van der Waals surface area contributed by atoms with Crippen LogP contribution in [-0.4, -0.2) is 32.9 Å². The van der Waals surface area contributed by atoms with E-state index in [1.165, 1.54) is 21.0 Å². The van der Waals surface area contributed by atoms with Gasteiger partial charge in [-0.05, 0) is 13.8 Å². The summed E-state index contributed by atoms with van der Waals surface area (Å²) in [6.45, 7) is 8.22. The molecule has 0 aliphatic heterocycles. The fourth-order valence-electron chi connectivity index (χ4n) is 0.946. The standard InChI is InChI=1S/C12H22N2O4S/c1-11(2,3)8(15)7-9(13)14-10(16)12(4,5)19(17)18-6/h7,15H,1-6H3,(H2,13,14,16)/b8-7-. The monoisotopic (exact) mass is 290 g/mol. The van der Waals surface area contributed by atoms with E-state index in [0.29, 0.717) is 0 Å². The van der Waals surface area contributed by atoms with Crippen molar-refractivity contribution in [3.8, 4) is 0 Å². The minimum atomic E-state index is -1.81. The van der Waals surface area contributed by atoms with Crippen molar-refractivity contribution in [2.45, 2.75) is 39.4 Å². The number of amidine groups is 1. The van der Waals surface area contributed by atoms with Crippen molar-refractivity contribution in [3.05, 3.63) is 11.8 Å². The number of hydrogen-bond acceptors (Lipinski definition) is 5. The first-order chi connectivity index (χ1) is 8.42. The maximum atomic E-state index is 11.9. The van der Waals surface area contributed by atoms with Crippen LogP contribution in [0.15, 0.2) is 11.8 Å². The van der Waals surface area contributed by atoms with Gasteiger partial charge >= 0.3 is 0 Å². The van der Waals surface area contributed by atoms with E-state index in [4.69, 9.17) is 5.41 Å². The summed E-state index contributed by atoms with van der Waals surface area (Å²) < 4.78 is 14.9. The van der Waals surface area contributed by atoms with Gasteiger partial charge in [0.2, 0.25) is 5.91 Å². The van der Waals surface area contributed by atoms with E-state index in [1.807, 2.05) is 0 Å². The van der Waals surface area contributed by atoms with Crippen LogP contribution in [0.2, 0.25) is 0 Å². The van der Waals surface area contributed by atoms with Gasteiger partial charge in [-0.2, -0.15) is 0 Å². The van der Waals surface area contributed by atoms with Gasteiger partial charge in [-0.1, -0.05) is 20.8 Å². The Morgan fingerprint density at radius 2 is 1.79 bits per heavy atom. The minimum Gasteiger partial charge on any atom is -0.512 e. The fraction of sp³-hybridized carbons (Fsp3) is 0.667. The quantitative estimate of drug-likeness (QED) is 0.416. The second-order valence-electron chi connectivity index (χ2n) is 5.56. The molecule has 0 fully saturated rings. The highest BCUT2D eigenvalue weighted by atomic mass is 32.2. The topological polar surface area (TPSA) is 99.5 Å². The highest BCUT2D eigenvalue weighted by Gasteiger charge is 2.35. The molecule has 0 saturated carbocycles. The zero-order chi connectivity index (χ0) is 15.4. The van der Waals surface area contributed by atoms with Crippen LogP contribution in [-0.2, 0) is 20.1 Å². The predicted octanol–water partition coefficient (Wildman–Crippen LogP) is 1.66. The highest BCUT2D eigenvalue weighted by molar-refractivity contribution is 7.82.